The molecule has 0 bridgehead atoms. The zero-order chi connectivity index (χ0) is 19.1. The molecule has 3 aromatic rings. The van der Waals surface area contributed by atoms with E-state index < -0.39 is 0 Å². The minimum absolute atomic E-state index is 0.00219. The van der Waals surface area contributed by atoms with E-state index in [1.165, 1.54) is 12.1 Å². The molecule has 1 amide bonds. The number of benzene rings is 1. The first kappa shape index (κ1) is 18.0. The van der Waals surface area contributed by atoms with Crippen molar-refractivity contribution in [1.82, 2.24) is 19.9 Å². The van der Waals surface area contributed by atoms with Gasteiger partial charge in [-0.15, -0.1) is 0 Å². The van der Waals surface area contributed by atoms with Crippen molar-refractivity contribution in [2.45, 2.75) is 46.1 Å². The van der Waals surface area contributed by atoms with Crippen molar-refractivity contribution < 1.29 is 9.18 Å². The van der Waals surface area contributed by atoms with Crippen LogP contribution in [0.25, 0.3) is 16.9 Å². The molecule has 3 rings (SSSR count). The van der Waals surface area contributed by atoms with Gasteiger partial charge in [-0.2, -0.15) is 5.10 Å². The molecule has 1 N–H and O–H groups in total. The van der Waals surface area contributed by atoms with Gasteiger partial charge < -0.3 is 5.32 Å². The van der Waals surface area contributed by atoms with Gasteiger partial charge in [-0.1, -0.05) is 20.8 Å². The van der Waals surface area contributed by atoms with E-state index in [1.54, 1.807) is 22.7 Å². The highest BCUT2D eigenvalue weighted by molar-refractivity contribution is 5.94. The van der Waals surface area contributed by atoms with E-state index in [2.05, 4.69) is 36.2 Å². The van der Waals surface area contributed by atoms with Crippen LogP contribution in [0.5, 0.6) is 0 Å². The van der Waals surface area contributed by atoms with Crippen molar-refractivity contribution in [3.63, 3.8) is 0 Å². The molecule has 6 heteroatoms. The number of amides is 1. The van der Waals surface area contributed by atoms with Crippen molar-refractivity contribution in [3.05, 3.63) is 53.6 Å². The van der Waals surface area contributed by atoms with Crippen LogP contribution in [0.4, 0.5) is 4.39 Å². The van der Waals surface area contributed by atoms with Crippen LogP contribution < -0.4 is 5.32 Å². The molecule has 136 valence electrons. The largest absolute Gasteiger partial charge is 0.349 e. The standard InChI is InChI=1S/C20H23FN4O/c1-12(2)22-19(26)16-10-15(13-6-8-14(21)9-7-13)23-18-11-17(20(3,4)5)24-25(16)18/h6-12H,1-5H3,(H,22,26). The van der Waals surface area contributed by atoms with Crippen molar-refractivity contribution in [3.8, 4) is 11.3 Å². The molecule has 1 aromatic carbocycles. The van der Waals surface area contributed by atoms with Gasteiger partial charge in [-0.25, -0.2) is 13.9 Å². The molecule has 0 aliphatic carbocycles. The SMILES string of the molecule is CC(C)NC(=O)c1cc(-c2ccc(F)cc2)nc2cc(C(C)(C)C)nn12. The highest BCUT2D eigenvalue weighted by atomic mass is 19.1. The van der Waals surface area contributed by atoms with E-state index in [1.807, 2.05) is 19.9 Å². The third-order valence-electron chi connectivity index (χ3n) is 3.99. The smallest absolute Gasteiger partial charge is 0.270 e. The van der Waals surface area contributed by atoms with Gasteiger partial charge in [0.25, 0.3) is 5.91 Å². The topological polar surface area (TPSA) is 59.3 Å². The molecule has 0 saturated carbocycles. The minimum Gasteiger partial charge on any atom is -0.349 e. The van der Waals surface area contributed by atoms with Crippen LogP contribution in [0.3, 0.4) is 0 Å². The summed E-state index contributed by atoms with van der Waals surface area (Å²) in [5.74, 6) is -0.536. The normalized spacial score (nSPS) is 12.0. The fourth-order valence-electron chi connectivity index (χ4n) is 2.61. The van der Waals surface area contributed by atoms with Crippen LogP contribution in [0.15, 0.2) is 36.4 Å². The highest BCUT2D eigenvalue weighted by Crippen LogP contribution is 2.25. The third kappa shape index (κ3) is 3.59. The summed E-state index contributed by atoms with van der Waals surface area (Å²) >= 11 is 0. The van der Waals surface area contributed by atoms with Gasteiger partial charge in [0, 0.05) is 23.1 Å². The highest BCUT2D eigenvalue weighted by Gasteiger charge is 2.22. The fraction of sp³-hybridized carbons (Fsp3) is 0.350. The molecule has 0 radical (unpaired) electrons. The van der Waals surface area contributed by atoms with Crippen LogP contribution in [0, 0.1) is 5.82 Å². The summed E-state index contributed by atoms with van der Waals surface area (Å²) in [4.78, 5) is 17.3. The number of carbonyl (C=O) groups excluding carboxylic acids is 1. The maximum absolute atomic E-state index is 13.2. The van der Waals surface area contributed by atoms with Crippen LogP contribution in [-0.4, -0.2) is 26.5 Å². The molecule has 0 fully saturated rings. The molecule has 0 aliphatic rings. The second kappa shape index (κ2) is 6.52. The van der Waals surface area contributed by atoms with Crippen molar-refractivity contribution in [2.24, 2.45) is 0 Å². The molecule has 2 heterocycles. The Labute approximate surface area is 152 Å². The van der Waals surface area contributed by atoms with E-state index >= 15 is 0 Å². The number of halogens is 1. The molecular formula is C20H23FN4O. The summed E-state index contributed by atoms with van der Waals surface area (Å²) in [6, 6.07) is 9.64. The third-order valence-corrected chi connectivity index (χ3v) is 3.99. The molecule has 0 saturated heterocycles. The lowest BCUT2D eigenvalue weighted by molar-refractivity contribution is 0.0935. The van der Waals surface area contributed by atoms with Crippen molar-refractivity contribution >= 4 is 11.6 Å². The van der Waals surface area contributed by atoms with Gasteiger partial charge in [-0.3, -0.25) is 4.79 Å². The van der Waals surface area contributed by atoms with E-state index in [9.17, 15) is 9.18 Å². The Morgan fingerprint density at radius 2 is 1.81 bits per heavy atom. The predicted molar refractivity (Wildman–Crippen MR) is 99.7 cm³/mol. The zero-order valence-electron chi connectivity index (χ0n) is 15.7. The van der Waals surface area contributed by atoms with Gasteiger partial charge >= 0.3 is 0 Å². The Balaban J connectivity index is 2.21. The Kier molecular flexibility index (Phi) is 4.52. The number of nitrogens with zero attached hydrogens (tertiary/aromatic N) is 3. The van der Waals surface area contributed by atoms with Crippen molar-refractivity contribution in [1.29, 1.82) is 0 Å². The number of rotatable bonds is 3. The first-order chi connectivity index (χ1) is 12.1. The van der Waals surface area contributed by atoms with Crippen LogP contribution >= 0.6 is 0 Å². The number of carbonyl (C=O) groups is 1. The van der Waals surface area contributed by atoms with E-state index in [0.717, 1.165) is 11.3 Å². The van der Waals surface area contributed by atoms with E-state index in [0.29, 0.717) is 17.0 Å². The summed E-state index contributed by atoms with van der Waals surface area (Å²) in [5.41, 5.74) is 3.01. The Morgan fingerprint density at radius 3 is 2.38 bits per heavy atom. The van der Waals surface area contributed by atoms with Gasteiger partial charge in [0.15, 0.2) is 5.65 Å². The summed E-state index contributed by atoms with van der Waals surface area (Å²) in [5, 5.41) is 7.49. The van der Waals surface area contributed by atoms with Gasteiger partial charge in [0.2, 0.25) is 0 Å². The van der Waals surface area contributed by atoms with Crippen molar-refractivity contribution in [2.75, 3.05) is 0 Å². The number of aromatic nitrogens is 3. The minimum atomic E-state index is -0.313. The maximum atomic E-state index is 13.2. The molecule has 0 aliphatic heterocycles. The summed E-state index contributed by atoms with van der Waals surface area (Å²) in [7, 11) is 0. The second-order valence-electron chi connectivity index (χ2n) is 7.71. The van der Waals surface area contributed by atoms with Crippen LogP contribution in [0.1, 0.15) is 50.8 Å². The lowest BCUT2D eigenvalue weighted by Gasteiger charge is -2.14. The second-order valence-corrected chi connectivity index (χ2v) is 7.71. The van der Waals surface area contributed by atoms with Gasteiger partial charge in [0.1, 0.15) is 11.5 Å². The number of nitrogens with one attached hydrogen (secondary N) is 1. The monoisotopic (exact) mass is 354 g/mol. The fourth-order valence-corrected chi connectivity index (χ4v) is 2.61. The summed E-state index contributed by atoms with van der Waals surface area (Å²) in [6.07, 6.45) is 0. The number of hydrogen-bond acceptors (Lipinski definition) is 3. The molecular weight excluding hydrogens is 331 g/mol. The Bertz CT molecular complexity index is 952. The van der Waals surface area contributed by atoms with Gasteiger partial charge in [0.05, 0.1) is 11.4 Å². The lowest BCUT2D eigenvalue weighted by Crippen LogP contribution is -2.32. The number of fused-ring (bicyclic) bond motifs is 1. The van der Waals surface area contributed by atoms with Crippen LogP contribution in [0.2, 0.25) is 0 Å². The predicted octanol–water partition coefficient (Wildman–Crippen LogP) is 3.97. The molecule has 2 aromatic heterocycles. The van der Waals surface area contributed by atoms with Crippen LogP contribution in [-0.2, 0) is 5.41 Å². The number of hydrogen-bond donors (Lipinski definition) is 1. The van der Waals surface area contributed by atoms with E-state index in [-0.39, 0.29) is 23.2 Å². The first-order valence-corrected chi connectivity index (χ1v) is 8.63. The lowest BCUT2D eigenvalue weighted by atomic mass is 9.93. The Hall–Kier alpha value is -2.76. The molecule has 0 spiro atoms. The average Bonchev–Trinajstić information content (AvgIpc) is 2.98. The molecule has 0 atom stereocenters. The molecule has 5 nitrogen and oxygen atoms in total. The quantitative estimate of drug-likeness (QED) is 0.774. The summed E-state index contributed by atoms with van der Waals surface area (Å²) in [6.45, 7) is 9.98. The summed E-state index contributed by atoms with van der Waals surface area (Å²) < 4.78 is 14.8. The first-order valence-electron chi connectivity index (χ1n) is 8.63. The average molecular weight is 354 g/mol. The molecule has 26 heavy (non-hydrogen) atoms. The zero-order valence-corrected chi connectivity index (χ0v) is 15.7. The van der Waals surface area contributed by atoms with E-state index in [4.69, 9.17) is 0 Å². The van der Waals surface area contributed by atoms with Gasteiger partial charge in [-0.05, 0) is 44.2 Å². The Morgan fingerprint density at radius 1 is 1.15 bits per heavy atom. The maximum Gasteiger partial charge on any atom is 0.270 e. The molecule has 0 unspecified atom stereocenters.